The minimum absolute atomic E-state index is 0.240. The van der Waals surface area contributed by atoms with Crippen LogP contribution in [-0.2, 0) is 7.05 Å². The van der Waals surface area contributed by atoms with Crippen molar-refractivity contribution in [2.24, 2.45) is 7.05 Å². The molecule has 28 heavy (non-hydrogen) atoms. The molecule has 7 nitrogen and oxygen atoms in total. The minimum Gasteiger partial charge on any atom is -0.493 e. The quantitative estimate of drug-likeness (QED) is 0.712. The zero-order valence-corrected chi connectivity index (χ0v) is 16.4. The molecule has 0 saturated heterocycles. The first-order chi connectivity index (χ1) is 13.5. The van der Waals surface area contributed by atoms with Gasteiger partial charge in [-0.2, -0.15) is 0 Å². The molecule has 0 unspecified atom stereocenters. The molecule has 0 saturated carbocycles. The van der Waals surface area contributed by atoms with Gasteiger partial charge in [-0.15, -0.1) is 0 Å². The average molecular weight is 381 g/mol. The average Bonchev–Trinajstić information content (AvgIpc) is 2.92. The van der Waals surface area contributed by atoms with Crippen molar-refractivity contribution in [1.82, 2.24) is 9.36 Å². The molecule has 0 bridgehead atoms. The molecule has 3 rings (SSSR count). The standard InChI is InChI=1S/C21H23N3O4/c1-5-28-17-12-11-15(13-18(17)27-4)20(25)22-19-14(2)23(3)24(21(19)26)16-9-7-6-8-10-16/h6-13H,5H2,1-4H3,(H,22,25). The van der Waals surface area contributed by atoms with Crippen LogP contribution in [0.25, 0.3) is 5.69 Å². The Morgan fingerprint density at radius 2 is 1.82 bits per heavy atom. The van der Waals surface area contributed by atoms with E-state index in [1.807, 2.05) is 37.3 Å². The maximum atomic E-state index is 12.9. The fraction of sp³-hybridized carbons (Fsp3) is 0.238. The molecule has 146 valence electrons. The number of anilines is 1. The summed E-state index contributed by atoms with van der Waals surface area (Å²) in [6, 6.07) is 14.2. The van der Waals surface area contributed by atoms with Gasteiger partial charge in [0.2, 0.25) is 0 Å². The van der Waals surface area contributed by atoms with Gasteiger partial charge in [-0.05, 0) is 44.2 Å². The fourth-order valence-electron chi connectivity index (χ4n) is 2.98. The summed E-state index contributed by atoms with van der Waals surface area (Å²) < 4.78 is 14.0. The highest BCUT2D eigenvalue weighted by Crippen LogP contribution is 2.28. The lowest BCUT2D eigenvalue weighted by molar-refractivity contribution is 0.102. The van der Waals surface area contributed by atoms with Crippen LogP contribution < -0.4 is 20.3 Å². The lowest BCUT2D eigenvalue weighted by atomic mass is 10.2. The summed E-state index contributed by atoms with van der Waals surface area (Å²) in [5.41, 5.74) is 1.69. The van der Waals surface area contributed by atoms with E-state index in [0.717, 1.165) is 5.69 Å². The smallest absolute Gasteiger partial charge is 0.295 e. The summed E-state index contributed by atoms with van der Waals surface area (Å²) in [5.74, 6) is 0.622. The van der Waals surface area contributed by atoms with Crippen LogP contribution in [0, 0.1) is 6.92 Å². The highest BCUT2D eigenvalue weighted by atomic mass is 16.5. The monoisotopic (exact) mass is 381 g/mol. The zero-order valence-electron chi connectivity index (χ0n) is 16.4. The Balaban J connectivity index is 1.94. The number of nitrogens with zero attached hydrogens (tertiary/aromatic N) is 2. The van der Waals surface area contributed by atoms with Gasteiger partial charge in [0, 0.05) is 12.6 Å². The maximum absolute atomic E-state index is 12.9. The molecule has 0 aliphatic carbocycles. The minimum atomic E-state index is -0.396. The zero-order chi connectivity index (χ0) is 20.3. The van der Waals surface area contributed by atoms with Gasteiger partial charge in [0.1, 0.15) is 5.69 Å². The summed E-state index contributed by atoms with van der Waals surface area (Å²) in [6.07, 6.45) is 0. The van der Waals surface area contributed by atoms with Crippen LogP contribution in [0.1, 0.15) is 23.0 Å². The Morgan fingerprint density at radius 3 is 2.46 bits per heavy atom. The third-order valence-electron chi connectivity index (χ3n) is 4.52. The molecule has 0 spiro atoms. The van der Waals surface area contributed by atoms with Gasteiger partial charge < -0.3 is 14.8 Å². The molecule has 7 heteroatoms. The van der Waals surface area contributed by atoms with E-state index in [1.54, 1.807) is 36.9 Å². The van der Waals surface area contributed by atoms with E-state index in [2.05, 4.69) is 5.32 Å². The lowest BCUT2D eigenvalue weighted by Gasteiger charge is -2.11. The predicted molar refractivity (Wildman–Crippen MR) is 108 cm³/mol. The molecular weight excluding hydrogens is 358 g/mol. The van der Waals surface area contributed by atoms with Gasteiger partial charge in [-0.3, -0.25) is 14.3 Å². The van der Waals surface area contributed by atoms with Crippen molar-refractivity contribution < 1.29 is 14.3 Å². The number of nitrogens with one attached hydrogen (secondary N) is 1. The summed E-state index contributed by atoms with van der Waals surface area (Å²) in [4.78, 5) is 25.7. The van der Waals surface area contributed by atoms with E-state index < -0.39 is 5.91 Å². The number of ether oxygens (including phenoxy) is 2. The second-order valence-corrected chi connectivity index (χ2v) is 6.19. The summed E-state index contributed by atoms with van der Waals surface area (Å²) in [5, 5.41) is 2.74. The Bertz CT molecular complexity index is 1050. The number of carbonyl (C=O) groups is 1. The van der Waals surface area contributed by atoms with Crippen LogP contribution in [0.5, 0.6) is 11.5 Å². The molecule has 0 fully saturated rings. The highest BCUT2D eigenvalue weighted by Gasteiger charge is 2.19. The van der Waals surface area contributed by atoms with E-state index in [4.69, 9.17) is 9.47 Å². The second kappa shape index (κ2) is 8.04. The molecule has 1 aromatic heterocycles. The molecule has 3 aromatic rings. The third-order valence-corrected chi connectivity index (χ3v) is 4.52. The van der Waals surface area contributed by atoms with Crippen molar-refractivity contribution >= 4 is 11.6 Å². The topological polar surface area (TPSA) is 74.5 Å². The van der Waals surface area contributed by atoms with Crippen LogP contribution in [-0.4, -0.2) is 29.0 Å². The normalized spacial score (nSPS) is 10.6. The Hall–Kier alpha value is -3.48. The van der Waals surface area contributed by atoms with Gasteiger partial charge in [0.15, 0.2) is 11.5 Å². The number of hydrogen-bond acceptors (Lipinski definition) is 4. The van der Waals surface area contributed by atoms with E-state index >= 15 is 0 Å². The number of carbonyl (C=O) groups excluding carboxylic acids is 1. The van der Waals surface area contributed by atoms with Crippen molar-refractivity contribution in [2.45, 2.75) is 13.8 Å². The van der Waals surface area contributed by atoms with Crippen LogP contribution in [0.2, 0.25) is 0 Å². The first-order valence-electron chi connectivity index (χ1n) is 8.94. The molecule has 1 amide bonds. The largest absolute Gasteiger partial charge is 0.493 e. The van der Waals surface area contributed by atoms with E-state index in [-0.39, 0.29) is 11.2 Å². The molecule has 2 aromatic carbocycles. The van der Waals surface area contributed by atoms with E-state index in [1.165, 1.54) is 11.8 Å². The number of amides is 1. The van der Waals surface area contributed by atoms with Crippen LogP contribution in [0.3, 0.4) is 0 Å². The third kappa shape index (κ3) is 3.51. The van der Waals surface area contributed by atoms with Gasteiger partial charge in [0.05, 0.1) is 25.1 Å². The fourth-order valence-corrected chi connectivity index (χ4v) is 2.98. The number of para-hydroxylation sites is 1. The summed E-state index contributed by atoms with van der Waals surface area (Å²) in [7, 11) is 3.29. The van der Waals surface area contributed by atoms with E-state index in [9.17, 15) is 9.59 Å². The molecular formula is C21H23N3O4. The second-order valence-electron chi connectivity index (χ2n) is 6.19. The van der Waals surface area contributed by atoms with Gasteiger partial charge in [-0.25, -0.2) is 4.68 Å². The Morgan fingerprint density at radius 1 is 1.11 bits per heavy atom. The van der Waals surface area contributed by atoms with Crippen molar-refractivity contribution in [3.8, 4) is 17.2 Å². The van der Waals surface area contributed by atoms with Crippen LogP contribution >= 0.6 is 0 Å². The molecule has 1 heterocycles. The first-order valence-corrected chi connectivity index (χ1v) is 8.94. The highest BCUT2D eigenvalue weighted by molar-refractivity contribution is 6.04. The van der Waals surface area contributed by atoms with Crippen molar-refractivity contribution in [3.63, 3.8) is 0 Å². The number of aromatic nitrogens is 2. The molecule has 0 atom stereocenters. The summed E-state index contributed by atoms with van der Waals surface area (Å²) >= 11 is 0. The summed E-state index contributed by atoms with van der Waals surface area (Å²) in [6.45, 7) is 4.15. The number of hydrogen-bond donors (Lipinski definition) is 1. The van der Waals surface area contributed by atoms with Gasteiger partial charge in [-0.1, -0.05) is 18.2 Å². The van der Waals surface area contributed by atoms with Crippen molar-refractivity contribution in [3.05, 3.63) is 70.1 Å². The maximum Gasteiger partial charge on any atom is 0.295 e. The van der Waals surface area contributed by atoms with Gasteiger partial charge in [0.25, 0.3) is 11.5 Å². The van der Waals surface area contributed by atoms with Gasteiger partial charge >= 0.3 is 0 Å². The van der Waals surface area contributed by atoms with Crippen molar-refractivity contribution in [2.75, 3.05) is 19.0 Å². The number of benzene rings is 2. The van der Waals surface area contributed by atoms with Crippen LogP contribution in [0.15, 0.2) is 53.3 Å². The molecule has 0 radical (unpaired) electrons. The van der Waals surface area contributed by atoms with E-state index in [0.29, 0.717) is 29.4 Å². The molecule has 0 aliphatic heterocycles. The molecule has 0 aliphatic rings. The Labute approximate surface area is 163 Å². The number of methoxy groups -OCH3 is 1. The Kier molecular flexibility index (Phi) is 5.54. The SMILES string of the molecule is CCOc1ccc(C(=O)Nc2c(C)n(C)n(-c3ccccc3)c2=O)cc1OC. The predicted octanol–water partition coefficient (Wildman–Crippen LogP) is 3.14. The first kappa shape index (κ1) is 19.3. The number of rotatable bonds is 6. The lowest BCUT2D eigenvalue weighted by Crippen LogP contribution is -2.23. The van der Waals surface area contributed by atoms with Crippen molar-refractivity contribution in [1.29, 1.82) is 0 Å². The molecule has 1 N–H and O–H groups in total. The van der Waals surface area contributed by atoms with Crippen LogP contribution in [0.4, 0.5) is 5.69 Å².